The SMILES string of the molecule is Cc1ccc(OC[C@@H]2c3ccsc3CCN2C(=O)CN(CC2CC2)C(=O)Cc2ccccc2)c(C)c1. The van der Waals surface area contributed by atoms with Gasteiger partial charge in [0.2, 0.25) is 11.8 Å². The van der Waals surface area contributed by atoms with Gasteiger partial charge < -0.3 is 14.5 Å². The second-order valence-electron chi connectivity index (χ2n) is 10.1. The maximum absolute atomic E-state index is 13.7. The summed E-state index contributed by atoms with van der Waals surface area (Å²) in [5.74, 6) is 1.40. The van der Waals surface area contributed by atoms with Gasteiger partial charge in [-0.25, -0.2) is 0 Å². The Bertz CT molecular complexity index is 1220. The lowest BCUT2D eigenvalue weighted by molar-refractivity contribution is -0.142. The van der Waals surface area contributed by atoms with E-state index in [1.165, 1.54) is 16.0 Å². The van der Waals surface area contributed by atoms with Gasteiger partial charge in [-0.3, -0.25) is 9.59 Å². The van der Waals surface area contributed by atoms with Gasteiger partial charge in [0.05, 0.1) is 19.0 Å². The fourth-order valence-corrected chi connectivity index (χ4v) is 5.94. The van der Waals surface area contributed by atoms with Crippen molar-refractivity contribution in [3.05, 3.63) is 87.1 Å². The highest BCUT2D eigenvalue weighted by Gasteiger charge is 2.35. The van der Waals surface area contributed by atoms with Crippen LogP contribution in [-0.2, 0) is 22.4 Å². The van der Waals surface area contributed by atoms with E-state index in [4.69, 9.17) is 4.74 Å². The van der Waals surface area contributed by atoms with Crippen LogP contribution in [-0.4, -0.2) is 47.9 Å². The number of thiophene rings is 1. The molecule has 6 heteroatoms. The maximum atomic E-state index is 13.7. The van der Waals surface area contributed by atoms with E-state index >= 15 is 0 Å². The van der Waals surface area contributed by atoms with E-state index in [-0.39, 0.29) is 24.4 Å². The van der Waals surface area contributed by atoms with E-state index in [0.717, 1.165) is 36.1 Å². The van der Waals surface area contributed by atoms with E-state index in [1.54, 1.807) is 16.2 Å². The molecule has 1 atom stereocenters. The molecule has 2 aromatic carbocycles. The number of carbonyl (C=O) groups excluding carboxylic acids is 2. The molecule has 1 aliphatic heterocycles. The number of fused-ring (bicyclic) bond motifs is 1. The first-order chi connectivity index (χ1) is 17.5. The largest absolute Gasteiger partial charge is 0.491 e. The van der Waals surface area contributed by atoms with Crippen molar-refractivity contribution in [3.8, 4) is 5.75 Å². The molecule has 0 radical (unpaired) electrons. The van der Waals surface area contributed by atoms with Crippen LogP contribution in [0, 0.1) is 19.8 Å². The van der Waals surface area contributed by atoms with Gasteiger partial charge in [-0.15, -0.1) is 11.3 Å². The van der Waals surface area contributed by atoms with E-state index < -0.39 is 0 Å². The Morgan fingerprint density at radius 2 is 1.89 bits per heavy atom. The van der Waals surface area contributed by atoms with Crippen LogP contribution in [0.1, 0.15) is 46.0 Å². The van der Waals surface area contributed by atoms with Crippen molar-refractivity contribution in [3.63, 3.8) is 0 Å². The van der Waals surface area contributed by atoms with Crippen molar-refractivity contribution < 1.29 is 14.3 Å². The topological polar surface area (TPSA) is 49.9 Å². The van der Waals surface area contributed by atoms with Crippen molar-refractivity contribution in [2.24, 2.45) is 5.92 Å². The van der Waals surface area contributed by atoms with E-state index in [2.05, 4.69) is 37.4 Å². The lowest BCUT2D eigenvalue weighted by atomic mass is 10.00. The van der Waals surface area contributed by atoms with Crippen molar-refractivity contribution >= 4 is 23.2 Å². The van der Waals surface area contributed by atoms with Gasteiger partial charge in [0.15, 0.2) is 0 Å². The number of ether oxygens (including phenoxy) is 1. The van der Waals surface area contributed by atoms with Crippen LogP contribution >= 0.6 is 11.3 Å². The number of hydrogen-bond donors (Lipinski definition) is 0. The van der Waals surface area contributed by atoms with Gasteiger partial charge in [-0.1, -0.05) is 48.0 Å². The molecule has 36 heavy (non-hydrogen) atoms. The zero-order chi connectivity index (χ0) is 25.1. The summed E-state index contributed by atoms with van der Waals surface area (Å²) >= 11 is 1.75. The molecular formula is C30H34N2O3S. The second-order valence-corrected chi connectivity index (χ2v) is 11.1. The van der Waals surface area contributed by atoms with E-state index in [9.17, 15) is 9.59 Å². The number of rotatable bonds is 9. The first kappa shape index (κ1) is 24.6. The van der Waals surface area contributed by atoms with Crippen molar-refractivity contribution in [2.45, 2.75) is 45.6 Å². The Morgan fingerprint density at radius 1 is 1.08 bits per heavy atom. The zero-order valence-corrected chi connectivity index (χ0v) is 21.9. The van der Waals surface area contributed by atoms with E-state index in [0.29, 0.717) is 32.0 Å². The van der Waals surface area contributed by atoms with Crippen LogP contribution in [0.3, 0.4) is 0 Å². The number of benzene rings is 2. The molecule has 0 saturated heterocycles. The van der Waals surface area contributed by atoms with E-state index in [1.807, 2.05) is 41.3 Å². The fraction of sp³-hybridized carbons (Fsp3) is 0.400. The molecule has 2 amide bonds. The molecule has 1 saturated carbocycles. The maximum Gasteiger partial charge on any atom is 0.242 e. The number of hydrogen-bond acceptors (Lipinski definition) is 4. The minimum atomic E-state index is -0.153. The first-order valence-corrected chi connectivity index (χ1v) is 13.7. The van der Waals surface area contributed by atoms with Crippen LogP contribution in [0.25, 0.3) is 0 Å². The Hall–Kier alpha value is -3.12. The molecule has 1 aromatic heterocycles. The van der Waals surface area contributed by atoms with Gasteiger partial charge in [-0.2, -0.15) is 0 Å². The van der Waals surface area contributed by atoms with Crippen LogP contribution < -0.4 is 4.74 Å². The molecule has 3 aromatic rings. The minimum absolute atomic E-state index is 0.00291. The summed E-state index contributed by atoms with van der Waals surface area (Å²) in [5, 5.41) is 2.10. The van der Waals surface area contributed by atoms with Gasteiger partial charge in [0.25, 0.3) is 0 Å². The average Bonchev–Trinajstić information content (AvgIpc) is 3.55. The third kappa shape index (κ3) is 5.81. The Kier molecular flexibility index (Phi) is 7.42. The highest BCUT2D eigenvalue weighted by atomic mass is 32.1. The molecule has 1 fully saturated rings. The fourth-order valence-electron chi connectivity index (χ4n) is 5.01. The van der Waals surface area contributed by atoms with Gasteiger partial charge in [0, 0.05) is 18.0 Å². The summed E-state index contributed by atoms with van der Waals surface area (Å²) in [5.41, 5.74) is 4.45. The summed E-state index contributed by atoms with van der Waals surface area (Å²) in [7, 11) is 0. The smallest absolute Gasteiger partial charge is 0.242 e. The quantitative estimate of drug-likeness (QED) is 0.396. The minimum Gasteiger partial charge on any atom is -0.491 e. The van der Waals surface area contributed by atoms with Crippen molar-refractivity contribution in [1.29, 1.82) is 0 Å². The molecule has 5 nitrogen and oxygen atoms in total. The second kappa shape index (κ2) is 10.9. The summed E-state index contributed by atoms with van der Waals surface area (Å²) in [6.45, 7) is 5.97. The highest BCUT2D eigenvalue weighted by Crippen LogP contribution is 2.35. The lowest BCUT2D eigenvalue weighted by Crippen LogP contribution is -2.48. The Balaban J connectivity index is 1.31. The van der Waals surface area contributed by atoms with Crippen LogP contribution in [0.15, 0.2) is 60.0 Å². The molecule has 188 valence electrons. The summed E-state index contributed by atoms with van der Waals surface area (Å²) in [6, 6.07) is 17.9. The highest BCUT2D eigenvalue weighted by molar-refractivity contribution is 7.10. The molecular weight excluding hydrogens is 468 g/mol. The number of amides is 2. The van der Waals surface area contributed by atoms with Crippen LogP contribution in [0.5, 0.6) is 5.75 Å². The molecule has 0 unspecified atom stereocenters. The molecule has 2 aliphatic rings. The predicted octanol–water partition coefficient (Wildman–Crippen LogP) is 5.35. The van der Waals surface area contributed by atoms with Crippen molar-refractivity contribution in [2.75, 3.05) is 26.2 Å². The van der Waals surface area contributed by atoms with Crippen LogP contribution in [0.2, 0.25) is 0 Å². The molecule has 0 N–H and O–H groups in total. The number of aryl methyl sites for hydroxylation is 2. The van der Waals surface area contributed by atoms with Gasteiger partial charge in [-0.05, 0) is 73.2 Å². The summed E-state index contributed by atoms with van der Waals surface area (Å²) in [4.78, 5) is 32.0. The number of nitrogens with zero attached hydrogens (tertiary/aromatic N) is 2. The first-order valence-electron chi connectivity index (χ1n) is 12.9. The van der Waals surface area contributed by atoms with Crippen molar-refractivity contribution in [1.82, 2.24) is 9.80 Å². The third-order valence-electron chi connectivity index (χ3n) is 7.19. The Morgan fingerprint density at radius 3 is 2.64 bits per heavy atom. The normalized spacial score (nSPS) is 16.9. The molecule has 2 heterocycles. The standard InChI is InChI=1S/C30H34N2O3S/c1-21-8-11-27(22(2)16-21)35-20-26-25-13-15-36-28(25)12-14-32(26)30(34)19-31(18-24-9-10-24)29(33)17-23-6-4-3-5-7-23/h3-8,11,13,15-16,24,26H,9-10,12,14,17-20H2,1-2H3/t26-/m1/s1. The third-order valence-corrected chi connectivity index (χ3v) is 8.19. The van der Waals surface area contributed by atoms with Crippen LogP contribution in [0.4, 0.5) is 0 Å². The van der Waals surface area contributed by atoms with Gasteiger partial charge in [0.1, 0.15) is 12.4 Å². The van der Waals surface area contributed by atoms with Gasteiger partial charge >= 0.3 is 0 Å². The number of carbonyl (C=O) groups is 2. The molecule has 1 aliphatic carbocycles. The molecule has 0 bridgehead atoms. The molecule has 0 spiro atoms. The summed E-state index contributed by atoms with van der Waals surface area (Å²) < 4.78 is 6.27. The zero-order valence-electron chi connectivity index (χ0n) is 21.1. The average molecular weight is 503 g/mol. The molecule has 5 rings (SSSR count). The summed E-state index contributed by atoms with van der Waals surface area (Å²) in [6.07, 6.45) is 3.45. The Labute approximate surface area is 217 Å². The predicted molar refractivity (Wildman–Crippen MR) is 143 cm³/mol. The monoisotopic (exact) mass is 502 g/mol. The lowest BCUT2D eigenvalue weighted by Gasteiger charge is -2.37.